The van der Waals surface area contributed by atoms with Gasteiger partial charge >= 0.3 is 0 Å². The maximum absolute atomic E-state index is 13.4. The molecule has 180 valence electrons. The van der Waals surface area contributed by atoms with Crippen LogP contribution in [-0.4, -0.2) is 70.2 Å². The highest BCUT2D eigenvalue weighted by molar-refractivity contribution is 7.99. The fourth-order valence-corrected chi connectivity index (χ4v) is 6.74. The van der Waals surface area contributed by atoms with Crippen LogP contribution in [0.1, 0.15) is 43.2 Å². The summed E-state index contributed by atoms with van der Waals surface area (Å²) in [5, 5.41) is 3.04. The van der Waals surface area contributed by atoms with Gasteiger partial charge in [-0.05, 0) is 55.4 Å². The molecule has 3 unspecified atom stereocenters. The van der Waals surface area contributed by atoms with Gasteiger partial charge in [0.2, 0.25) is 17.7 Å². The number of benzene rings is 1. The molecule has 1 saturated carbocycles. The first-order valence-electron chi connectivity index (χ1n) is 12.1. The number of nitrogens with zero attached hydrogens (tertiary/aromatic N) is 2. The Labute approximate surface area is 205 Å². The van der Waals surface area contributed by atoms with Crippen molar-refractivity contribution >= 4 is 46.9 Å². The van der Waals surface area contributed by atoms with Gasteiger partial charge in [0.1, 0.15) is 6.04 Å². The third-order valence-corrected chi connectivity index (χ3v) is 8.73. The van der Waals surface area contributed by atoms with Crippen LogP contribution in [-0.2, 0) is 20.9 Å². The van der Waals surface area contributed by atoms with Gasteiger partial charge in [0.05, 0.1) is 11.8 Å². The Balaban J connectivity index is 1.47. The Morgan fingerprint density at radius 2 is 1.82 bits per heavy atom. The molecule has 0 radical (unpaired) electrons. The predicted molar refractivity (Wildman–Crippen MR) is 136 cm³/mol. The number of anilines is 1. The summed E-state index contributed by atoms with van der Waals surface area (Å²) < 4.78 is 0. The number of thioether (sulfide) groups is 2. The lowest BCUT2D eigenvalue weighted by Gasteiger charge is -2.27. The summed E-state index contributed by atoms with van der Waals surface area (Å²) >= 11 is 3.63. The normalized spacial score (nSPS) is 24.6. The van der Waals surface area contributed by atoms with E-state index in [1.165, 1.54) is 22.0 Å². The van der Waals surface area contributed by atoms with Gasteiger partial charge in [0, 0.05) is 36.8 Å². The molecule has 4 rings (SSSR count). The molecule has 0 spiro atoms. The number of fused-ring (bicyclic) bond motifs is 1. The van der Waals surface area contributed by atoms with E-state index in [4.69, 9.17) is 0 Å². The predicted octanol–water partition coefficient (Wildman–Crippen LogP) is 3.78. The molecule has 3 amide bonds. The second-order valence-electron chi connectivity index (χ2n) is 9.37. The van der Waals surface area contributed by atoms with E-state index < -0.39 is 6.04 Å². The van der Waals surface area contributed by atoms with Gasteiger partial charge in [0.15, 0.2) is 0 Å². The fraction of sp³-hybridized carbons (Fsp3) is 0.640. The monoisotopic (exact) mass is 489 g/mol. The van der Waals surface area contributed by atoms with E-state index in [0.717, 1.165) is 62.3 Å². The summed E-state index contributed by atoms with van der Waals surface area (Å²) in [6, 6.07) is 5.42. The second kappa shape index (κ2) is 11.3. The van der Waals surface area contributed by atoms with Gasteiger partial charge in [-0.1, -0.05) is 25.0 Å². The molecule has 3 fully saturated rings. The number of carbonyl (C=O) groups excluding carboxylic acids is 3. The average Bonchev–Trinajstić information content (AvgIpc) is 3.07. The average molecular weight is 490 g/mol. The molecule has 2 aliphatic heterocycles. The maximum Gasteiger partial charge on any atom is 0.247 e. The Morgan fingerprint density at radius 1 is 1.15 bits per heavy atom. The topological polar surface area (TPSA) is 69.7 Å². The standard InChI is InChI=1S/C25H35N3O3S2/c1-17-15-18(16-27-10-13-33-14-11-27)7-8-21(17)26-23(29)22(9-12-32-2)28-24(30)19-5-3-4-6-20(19)25(28)31/h7-8,15,19-20,22H,3-6,9-14,16H2,1-2H3,(H,26,29). The lowest BCUT2D eigenvalue weighted by atomic mass is 9.81. The van der Waals surface area contributed by atoms with Crippen LogP contribution < -0.4 is 5.32 Å². The number of rotatable bonds is 8. The SMILES string of the molecule is CSCCC(C(=O)Nc1ccc(CN2CCSCC2)cc1C)N1C(=O)C2CCCCC2C1=O. The van der Waals surface area contributed by atoms with Crippen LogP contribution in [0.25, 0.3) is 0 Å². The number of imide groups is 1. The minimum atomic E-state index is -0.743. The van der Waals surface area contributed by atoms with E-state index in [9.17, 15) is 14.4 Å². The first kappa shape index (κ1) is 24.6. The summed E-state index contributed by atoms with van der Waals surface area (Å²) in [6.07, 6.45) is 5.95. The van der Waals surface area contributed by atoms with Gasteiger partial charge in [-0.25, -0.2) is 0 Å². The first-order chi connectivity index (χ1) is 16.0. The second-order valence-corrected chi connectivity index (χ2v) is 11.6. The molecule has 1 N–H and O–H groups in total. The lowest BCUT2D eigenvalue weighted by molar-refractivity contribution is -0.146. The number of hydrogen-bond donors (Lipinski definition) is 1. The van der Waals surface area contributed by atoms with E-state index in [1.54, 1.807) is 11.8 Å². The van der Waals surface area contributed by atoms with Crippen molar-refractivity contribution in [1.29, 1.82) is 0 Å². The number of carbonyl (C=O) groups is 3. The van der Waals surface area contributed by atoms with Crippen molar-refractivity contribution in [3.05, 3.63) is 29.3 Å². The Hall–Kier alpha value is -1.51. The summed E-state index contributed by atoms with van der Waals surface area (Å²) in [4.78, 5) is 43.4. The molecule has 8 heteroatoms. The van der Waals surface area contributed by atoms with Crippen LogP contribution in [0, 0.1) is 18.8 Å². The van der Waals surface area contributed by atoms with Gasteiger partial charge in [-0.2, -0.15) is 23.5 Å². The number of likely N-dealkylation sites (tertiary alicyclic amines) is 1. The molecule has 2 heterocycles. The van der Waals surface area contributed by atoms with Gasteiger partial charge in [0.25, 0.3) is 0 Å². The fourth-order valence-electron chi connectivity index (χ4n) is 5.30. The van der Waals surface area contributed by atoms with Crippen molar-refractivity contribution in [2.45, 2.75) is 51.6 Å². The summed E-state index contributed by atoms with van der Waals surface area (Å²) in [7, 11) is 0. The molecule has 2 saturated heterocycles. The summed E-state index contributed by atoms with van der Waals surface area (Å²) in [5.41, 5.74) is 3.00. The van der Waals surface area contributed by atoms with Crippen molar-refractivity contribution in [3.63, 3.8) is 0 Å². The van der Waals surface area contributed by atoms with Crippen LogP contribution in [0.3, 0.4) is 0 Å². The first-order valence-corrected chi connectivity index (χ1v) is 14.6. The smallest absolute Gasteiger partial charge is 0.247 e. The quantitative estimate of drug-likeness (QED) is 0.561. The molecule has 3 aliphatic rings. The number of aryl methyl sites for hydroxylation is 1. The van der Waals surface area contributed by atoms with Crippen LogP contribution in [0.15, 0.2) is 18.2 Å². The molecule has 6 nitrogen and oxygen atoms in total. The highest BCUT2D eigenvalue weighted by Crippen LogP contribution is 2.39. The third kappa shape index (κ3) is 5.60. The van der Waals surface area contributed by atoms with Crippen molar-refractivity contribution < 1.29 is 14.4 Å². The zero-order valence-corrected chi connectivity index (χ0v) is 21.3. The number of amides is 3. The zero-order chi connectivity index (χ0) is 23.4. The minimum absolute atomic E-state index is 0.141. The maximum atomic E-state index is 13.4. The highest BCUT2D eigenvalue weighted by Gasteiger charge is 2.51. The van der Waals surface area contributed by atoms with Gasteiger partial charge in [-0.15, -0.1) is 0 Å². The Bertz CT molecular complexity index is 864. The third-order valence-electron chi connectivity index (χ3n) is 7.14. The molecular formula is C25H35N3O3S2. The minimum Gasteiger partial charge on any atom is -0.324 e. The van der Waals surface area contributed by atoms with Crippen LogP contribution in [0.4, 0.5) is 5.69 Å². The Kier molecular flexibility index (Phi) is 8.41. The van der Waals surface area contributed by atoms with Gasteiger partial charge in [-0.3, -0.25) is 24.2 Å². The van der Waals surface area contributed by atoms with Crippen molar-refractivity contribution in [1.82, 2.24) is 9.80 Å². The largest absolute Gasteiger partial charge is 0.324 e. The molecule has 1 aromatic rings. The Morgan fingerprint density at radius 3 is 2.42 bits per heavy atom. The van der Waals surface area contributed by atoms with Crippen LogP contribution in [0.2, 0.25) is 0 Å². The van der Waals surface area contributed by atoms with Crippen molar-refractivity contribution in [2.24, 2.45) is 11.8 Å². The molecule has 3 atom stereocenters. The molecule has 33 heavy (non-hydrogen) atoms. The summed E-state index contributed by atoms with van der Waals surface area (Å²) in [5.74, 6) is 2.08. The van der Waals surface area contributed by atoms with Crippen molar-refractivity contribution in [2.75, 3.05) is 41.9 Å². The molecule has 0 bridgehead atoms. The molecule has 0 aromatic heterocycles. The molecule has 1 aromatic carbocycles. The van der Waals surface area contributed by atoms with Gasteiger partial charge < -0.3 is 5.32 Å². The highest BCUT2D eigenvalue weighted by atomic mass is 32.2. The molecule has 1 aliphatic carbocycles. The zero-order valence-electron chi connectivity index (χ0n) is 19.7. The lowest BCUT2D eigenvalue weighted by Crippen LogP contribution is -2.48. The van der Waals surface area contributed by atoms with Crippen LogP contribution in [0.5, 0.6) is 0 Å². The van der Waals surface area contributed by atoms with E-state index >= 15 is 0 Å². The molecular weight excluding hydrogens is 454 g/mol. The number of nitrogens with one attached hydrogen (secondary N) is 1. The van der Waals surface area contributed by atoms with E-state index in [-0.39, 0.29) is 29.6 Å². The van der Waals surface area contributed by atoms with E-state index in [0.29, 0.717) is 6.42 Å². The number of hydrogen-bond acceptors (Lipinski definition) is 6. The van der Waals surface area contributed by atoms with E-state index in [2.05, 4.69) is 22.3 Å². The summed E-state index contributed by atoms with van der Waals surface area (Å²) in [6.45, 7) is 5.15. The van der Waals surface area contributed by atoms with Crippen LogP contribution >= 0.6 is 23.5 Å². The van der Waals surface area contributed by atoms with Crippen molar-refractivity contribution in [3.8, 4) is 0 Å². The van der Waals surface area contributed by atoms with E-state index in [1.807, 2.05) is 31.0 Å².